The van der Waals surface area contributed by atoms with Crippen LogP contribution in [0.25, 0.3) is 0 Å². The third-order valence-corrected chi connectivity index (χ3v) is 4.31. The van der Waals surface area contributed by atoms with Gasteiger partial charge < -0.3 is 25.4 Å². The van der Waals surface area contributed by atoms with Crippen molar-refractivity contribution in [1.29, 1.82) is 0 Å². The summed E-state index contributed by atoms with van der Waals surface area (Å²) < 4.78 is 10.5. The summed E-state index contributed by atoms with van der Waals surface area (Å²) >= 11 is 1.36. The number of rotatable bonds is 9. The summed E-state index contributed by atoms with van der Waals surface area (Å²) in [5, 5.41) is 3.72. The van der Waals surface area contributed by atoms with Gasteiger partial charge in [0.1, 0.15) is 15.6 Å². The fraction of sp³-hybridized carbons (Fsp3) is 0.643. The van der Waals surface area contributed by atoms with E-state index in [1.165, 1.54) is 11.3 Å². The highest BCUT2D eigenvalue weighted by atomic mass is 32.1. The average molecular weight is 315 g/mol. The van der Waals surface area contributed by atoms with E-state index in [0.717, 1.165) is 24.5 Å². The molecule has 1 rings (SSSR count). The first kappa shape index (κ1) is 17.6. The first-order valence-corrected chi connectivity index (χ1v) is 7.90. The smallest absolute Gasteiger partial charge is 0.263 e. The predicted octanol–water partition coefficient (Wildman–Crippen LogP) is 1.95. The molecule has 6 nitrogen and oxygen atoms in total. The summed E-state index contributed by atoms with van der Waals surface area (Å²) in [6.45, 7) is 6.80. The molecule has 0 bridgehead atoms. The molecule has 0 fully saturated rings. The second kappa shape index (κ2) is 8.74. The summed E-state index contributed by atoms with van der Waals surface area (Å²) in [6, 6.07) is 0. The van der Waals surface area contributed by atoms with Crippen molar-refractivity contribution >= 4 is 27.9 Å². The molecule has 0 spiro atoms. The molecule has 0 radical (unpaired) electrons. The van der Waals surface area contributed by atoms with E-state index in [0.29, 0.717) is 29.5 Å². The first-order valence-electron chi connectivity index (χ1n) is 7.08. The lowest BCUT2D eigenvalue weighted by Gasteiger charge is -2.21. The zero-order chi connectivity index (χ0) is 15.8. The van der Waals surface area contributed by atoms with Gasteiger partial charge in [0.15, 0.2) is 5.75 Å². The zero-order valence-electron chi connectivity index (χ0n) is 13.2. The Hall–Kier alpha value is -1.47. The van der Waals surface area contributed by atoms with Gasteiger partial charge in [-0.2, -0.15) is 0 Å². The van der Waals surface area contributed by atoms with E-state index in [-0.39, 0.29) is 5.91 Å². The fourth-order valence-electron chi connectivity index (χ4n) is 1.91. The van der Waals surface area contributed by atoms with Crippen LogP contribution in [0.5, 0.6) is 5.75 Å². The molecule has 120 valence electrons. The molecule has 1 heterocycles. The maximum Gasteiger partial charge on any atom is 0.263 e. The van der Waals surface area contributed by atoms with Gasteiger partial charge in [-0.3, -0.25) is 4.79 Å². The molecule has 3 N–H and O–H groups in total. The van der Waals surface area contributed by atoms with Crippen molar-refractivity contribution in [1.82, 2.24) is 5.32 Å². The van der Waals surface area contributed by atoms with Crippen molar-refractivity contribution in [3.8, 4) is 5.75 Å². The number of nitrogens with two attached hydrogens (primary N) is 1. The monoisotopic (exact) mass is 315 g/mol. The minimum atomic E-state index is -0.147. The van der Waals surface area contributed by atoms with E-state index in [9.17, 15) is 4.79 Å². The number of hydrogen-bond donors (Lipinski definition) is 2. The molecule has 0 aliphatic carbocycles. The average Bonchev–Trinajstić information content (AvgIpc) is 2.82. The van der Waals surface area contributed by atoms with Gasteiger partial charge in [0.25, 0.3) is 5.91 Å². The minimum absolute atomic E-state index is 0.147. The van der Waals surface area contributed by atoms with Crippen LogP contribution in [0.15, 0.2) is 0 Å². The third kappa shape index (κ3) is 4.25. The minimum Gasteiger partial charge on any atom is -0.492 e. The summed E-state index contributed by atoms with van der Waals surface area (Å²) in [5.41, 5.74) is 6.48. The number of nitrogens with zero attached hydrogens (tertiary/aromatic N) is 1. The molecule has 1 amide bonds. The van der Waals surface area contributed by atoms with Crippen molar-refractivity contribution in [2.24, 2.45) is 0 Å². The number of hydrogen-bond acceptors (Lipinski definition) is 6. The van der Waals surface area contributed by atoms with Gasteiger partial charge in [0.2, 0.25) is 0 Å². The van der Waals surface area contributed by atoms with E-state index in [1.54, 1.807) is 14.2 Å². The standard InChI is InChI=1S/C14H25N3O3S/c1-5-7-16-13(18)12-10(15)11(20-4)14(21-12)17(6-2)8-9-19-3/h5-9,15H2,1-4H3,(H,16,18). The molecule has 1 aromatic heterocycles. The van der Waals surface area contributed by atoms with E-state index >= 15 is 0 Å². The molecule has 0 saturated carbocycles. The molecular weight excluding hydrogens is 290 g/mol. The highest BCUT2D eigenvalue weighted by Gasteiger charge is 2.24. The third-order valence-electron chi connectivity index (χ3n) is 3.06. The number of nitrogen functional groups attached to an aromatic ring is 1. The van der Waals surface area contributed by atoms with Crippen molar-refractivity contribution in [3.63, 3.8) is 0 Å². The fourth-order valence-corrected chi connectivity index (χ4v) is 3.11. The van der Waals surface area contributed by atoms with Crippen LogP contribution in [-0.4, -0.2) is 46.4 Å². The van der Waals surface area contributed by atoms with Crippen molar-refractivity contribution < 1.29 is 14.3 Å². The van der Waals surface area contributed by atoms with E-state index in [2.05, 4.69) is 10.2 Å². The van der Waals surface area contributed by atoms with Gasteiger partial charge in [-0.25, -0.2) is 0 Å². The number of amides is 1. The van der Waals surface area contributed by atoms with Gasteiger partial charge in [0, 0.05) is 26.7 Å². The Bertz CT molecular complexity index is 463. The van der Waals surface area contributed by atoms with Crippen molar-refractivity contribution in [2.45, 2.75) is 20.3 Å². The molecule has 7 heteroatoms. The van der Waals surface area contributed by atoms with Gasteiger partial charge in [-0.1, -0.05) is 6.92 Å². The first-order chi connectivity index (χ1) is 10.1. The number of anilines is 2. The highest BCUT2D eigenvalue weighted by molar-refractivity contribution is 7.19. The molecular formula is C14H25N3O3S. The molecule has 21 heavy (non-hydrogen) atoms. The Kier molecular flexibility index (Phi) is 7.31. The van der Waals surface area contributed by atoms with Crippen molar-refractivity contribution in [3.05, 3.63) is 4.88 Å². The molecule has 0 aliphatic heterocycles. The molecule has 0 saturated heterocycles. The Morgan fingerprint density at radius 1 is 1.38 bits per heavy atom. The summed E-state index contributed by atoms with van der Waals surface area (Å²) in [7, 11) is 3.23. The number of methoxy groups -OCH3 is 2. The van der Waals surface area contributed by atoms with Gasteiger partial charge in [-0.05, 0) is 13.3 Å². The van der Waals surface area contributed by atoms with E-state index in [1.807, 2.05) is 13.8 Å². The van der Waals surface area contributed by atoms with Crippen LogP contribution in [0.2, 0.25) is 0 Å². The predicted molar refractivity (Wildman–Crippen MR) is 87.7 cm³/mol. The van der Waals surface area contributed by atoms with Crippen LogP contribution < -0.4 is 20.7 Å². The lowest BCUT2D eigenvalue weighted by molar-refractivity contribution is 0.0958. The topological polar surface area (TPSA) is 76.8 Å². The number of nitrogens with one attached hydrogen (secondary N) is 1. The molecule has 1 aromatic rings. The van der Waals surface area contributed by atoms with Gasteiger partial charge >= 0.3 is 0 Å². The number of carbonyl (C=O) groups excluding carboxylic acids is 1. The van der Waals surface area contributed by atoms with Crippen LogP contribution in [0.3, 0.4) is 0 Å². The SMILES string of the molecule is CCCNC(=O)c1sc(N(CC)CCOC)c(OC)c1N. The Labute approximate surface area is 130 Å². The van der Waals surface area contributed by atoms with Gasteiger partial charge in [0.05, 0.1) is 13.7 Å². The van der Waals surface area contributed by atoms with Crippen molar-refractivity contribution in [2.75, 3.05) is 51.1 Å². The second-order valence-electron chi connectivity index (χ2n) is 4.51. The lowest BCUT2D eigenvalue weighted by Crippen LogP contribution is -2.26. The lowest BCUT2D eigenvalue weighted by atomic mass is 10.3. The van der Waals surface area contributed by atoms with Crippen LogP contribution in [0.1, 0.15) is 29.9 Å². The molecule has 0 atom stereocenters. The summed E-state index contributed by atoms with van der Waals surface area (Å²) in [6.07, 6.45) is 0.885. The maximum atomic E-state index is 12.2. The highest BCUT2D eigenvalue weighted by Crippen LogP contribution is 2.44. The van der Waals surface area contributed by atoms with Crippen LogP contribution in [0.4, 0.5) is 10.7 Å². The largest absolute Gasteiger partial charge is 0.492 e. The summed E-state index contributed by atoms with van der Waals surface area (Å²) in [4.78, 5) is 14.8. The maximum absolute atomic E-state index is 12.2. The van der Waals surface area contributed by atoms with Gasteiger partial charge in [-0.15, -0.1) is 11.3 Å². The number of thiophene rings is 1. The number of likely N-dealkylation sites (N-methyl/N-ethyl adjacent to an activating group) is 1. The Morgan fingerprint density at radius 2 is 2.10 bits per heavy atom. The van der Waals surface area contributed by atoms with Crippen LogP contribution in [-0.2, 0) is 4.74 Å². The quantitative estimate of drug-likeness (QED) is 0.728. The summed E-state index contributed by atoms with van der Waals surface area (Å²) in [5.74, 6) is 0.422. The van der Waals surface area contributed by atoms with E-state index < -0.39 is 0 Å². The zero-order valence-corrected chi connectivity index (χ0v) is 14.0. The van der Waals surface area contributed by atoms with Crippen LogP contribution in [0, 0.1) is 0 Å². The van der Waals surface area contributed by atoms with Crippen LogP contribution >= 0.6 is 11.3 Å². The molecule has 0 unspecified atom stereocenters. The Morgan fingerprint density at radius 3 is 2.62 bits per heavy atom. The number of carbonyl (C=O) groups is 1. The Balaban J connectivity index is 3.06. The number of ether oxygens (including phenoxy) is 2. The molecule has 0 aromatic carbocycles. The second-order valence-corrected chi connectivity index (χ2v) is 5.51. The van der Waals surface area contributed by atoms with E-state index in [4.69, 9.17) is 15.2 Å². The molecule has 0 aliphatic rings. The normalized spacial score (nSPS) is 10.5.